The Hall–Kier alpha value is -0.500. The van der Waals surface area contributed by atoms with Gasteiger partial charge in [-0.2, -0.15) is 0 Å². The number of halogens is 3. The summed E-state index contributed by atoms with van der Waals surface area (Å²) in [6, 6.07) is 13.4. The molecule has 0 aliphatic heterocycles. The smallest absolute Gasteiger partial charge is 0.0417 e. The van der Waals surface area contributed by atoms with E-state index in [1.165, 1.54) is 0 Å². The predicted octanol–water partition coefficient (Wildman–Crippen LogP) is 5.42. The summed E-state index contributed by atoms with van der Waals surface area (Å²) in [4.78, 5) is 0. The van der Waals surface area contributed by atoms with E-state index >= 15 is 0 Å². The summed E-state index contributed by atoms with van der Waals surface area (Å²) in [5.74, 6) is 0. The molecule has 0 aliphatic carbocycles. The van der Waals surface area contributed by atoms with Crippen LogP contribution < -0.4 is 0 Å². The third-order valence-electron chi connectivity index (χ3n) is 2.09. The van der Waals surface area contributed by atoms with Crippen LogP contribution in [0.15, 0.2) is 46.9 Å². The Morgan fingerprint density at radius 2 is 1.40 bits per heavy atom. The summed E-state index contributed by atoms with van der Waals surface area (Å²) in [6.07, 6.45) is 0. The van der Waals surface area contributed by atoms with Crippen molar-refractivity contribution in [2.75, 3.05) is 0 Å². The van der Waals surface area contributed by atoms with Crippen LogP contribution in [0.3, 0.4) is 0 Å². The van der Waals surface area contributed by atoms with E-state index in [1.807, 2.05) is 42.5 Å². The molecule has 0 bridgehead atoms. The normalized spacial score (nSPS) is 10.3. The Morgan fingerprint density at radius 3 is 2.00 bits per heavy atom. The van der Waals surface area contributed by atoms with E-state index in [0.717, 1.165) is 25.6 Å². The molecule has 0 atom stereocenters. The maximum absolute atomic E-state index is 5.88. The van der Waals surface area contributed by atoms with Gasteiger partial charge in [0.2, 0.25) is 0 Å². The summed E-state index contributed by atoms with van der Waals surface area (Å²) in [5, 5.41) is 1.46. The first-order valence-electron chi connectivity index (χ1n) is 4.38. The minimum Gasteiger partial charge on any atom is -0.0843 e. The van der Waals surface area contributed by atoms with E-state index in [0.29, 0.717) is 0 Å². The molecule has 0 saturated carbocycles. The third-order valence-corrected chi connectivity index (χ3v) is 3.23. The van der Waals surface area contributed by atoms with Gasteiger partial charge in [-0.25, -0.2) is 0 Å². The molecule has 0 unspecified atom stereocenters. The summed E-state index contributed by atoms with van der Waals surface area (Å²) in [5.41, 5.74) is 2.22. The van der Waals surface area contributed by atoms with Crippen LogP contribution in [0.2, 0.25) is 10.0 Å². The van der Waals surface area contributed by atoms with Crippen LogP contribution >= 0.6 is 39.1 Å². The minimum absolute atomic E-state index is 0.722. The summed E-state index contributed by atoms with van der Waals surface area (Å²) < 4.78 is 0.984. The van der Waals surface area contributed by atoms with Gasteiger partial charge in [0.25, 0.3) is 0 Å². The zero-order valence-electron chi connectivity index (χ0n) is 7.68. The van der Waals surface area contributed by atoms with Gasteiger partial charge in [-0.1, -0.05) is 57.3 Å². The van der Waals surface area contributed by atoms with Crippen LogP contribution in [-0.4, -0.2) is 0 Å². The molecule has 0 heterocycles. The van der Waals surface area contributed by atoms with Crippen molar-refractivity contribution in [2.45, 2.75) is 0 Å². The van der Waals surface area contributed by atoms with Gasteiger partial charge >= 0.3 is 0 Å². The van der Waals surface area contributed by atoms with Gasteiger partial charge in [-0.15, -0.1) is 0 Å². The summed E-state index contributed by atoms with van der Waals surface area (Å²) in [6.45, 7) is 0. The highest BCUT2D eigenvalue weighted by Gasteiger charge is 2.03. The highest BCUT2D eigenvalue weighted by molar-refractivity contribution is 9.10. The first-order valence-corrected chi connectivity index (χ1v) is 5.93. The summed E-state index contributed by atoms with van der Waals surface area (Å²) in [7, 11) is 0. The molecule has 3 heteroatoms. The molecule has 0 aromatic heterocycles. The Kier molecular flexibility index (Phi) is 3.35. The van der Waals surface area contributed by atoms with Crippen LogP contribution in [0.4, 0.5) is 0 Å². The van der Waals surface area contributed by atoms with Crippen LogP contribution in [0.5, 0.6) is 0 Å². The first kappa shape index (κ1) is 11.0. The molecule has 0 N–H and O–H groups in total. The largest absolute Gasteiger partial charge is 0.0843 e. The Balaban J connectivity index is 2.49. The lowest BCUT2D eigenvalue weighted by molar-refractivity contribution is 1.58. The highest BCUT2D eigenvalue weighted by atomic mass is 79.9. The molecule has 76 valence electrons. The van der Waals surface area contributed by atoms with E-state index in [-0.39, 0.29) is 0 Å². The minimum atomic E-state index is 0.722. The van der Waals surface area contributed by atoms with Crippen LogP contribution in [-0.2, 0) is 0 Å². The zero-order valence-corrected chi connectivity index (χ0v) is 10.8. The molecule has 0 fully saturated rings. The second-order valence-electron chi connectivity index (χ2n) is 3.13. The highest BCUT2D eigenvalue weighted by Crippen LogP contribution is 2.31. The molecule has 0 aliphatic rings. The fraction of sp³-hybridized carbons (Fsp3) is 0. The van der Waals surface area contributed by atoms with Gasteiger partial charge in [0.05, 0.1) is 0 Å². The zero-order chi connectivity index (χ0) is 10.8. The molecular formula is C12H7BrCl2. The maximum atomic E-state index is 5.88. The van der Waals surface area contributed by atoms with Gasteiger partial charge in [0, 0.05) is 14.5 Å². The number of hydrogen-bond acceptors (Lipinski definition) is 0. The molecule has 0 spiro atoms. The van der Waals surface area contributed by atoms with Crippen molar-refractivity contribution in [1.29, 1.82) is 0 Å². The topological polar surface area (TPSA) is 0 Å². The second kappa shape index (κ2) is 4.56. The van der Waals surface area contributed by atoms with Crippen molar-refractivity contribution in [3.8, 4) is 11.1 Å². The van der Waals surface area contributed by atoms with Gasteiger partial charge in [-0.3, -0.25) is 0 Å². The van der Waals surface area contributed by atoms with Gasteiger partial charge in [0.1, 0.15) is 0 Å². The monoisotopic (exact) mass is 300 g/mol. The lowest BCUT2D eigenvalue weighted by atomic mass is 10.1. The average molecular weight is 302 g/mol. The van der Waals surface area contributed by atoms with Gasteiger partial charge < -0.3 is 0 Å². The van der Waals surface area contributed by atoms with E-state index in [1.54, 1.807) is 0 Å². The lowest BCUT2D eigenvalue weighted by Gasteiger charge is -2.05. The first-order chi connectivity index (χ1) is 7.16. The Bertz CT molecular complexity index is 477. The van der Waals surface area contributed by atoms with Crippen LogP contribution in [0, 0.1) is 0 Å². The molecule has 0 radical (unpaired) electrons. The molecule has 15 heavy (non-hydrogen) atoms. The fourth-order valence-corrected chi connectivity index (χ4v) is 2.39. The quantitative estimate of drug-likeness (QED) is 0.659. The van der Waals surface area contributed by atoms with Crippen LogP contribution in [0.1, 0.15) is 0 Å². The van der Waals surface area contributed by atoms with E-state index in [2.05, 4.69) is 15.9 Å². The SMILES string of the molecule is Clc1ccc(-c2ccc(Cl)cc2Br)cc1. The fourth-order valence-electron chi connectivity index (χ4n) is 1.35. The number of rotatable bonds is 1. The predicted molar refractivity (Wildman–Crippen MR) is 69.6 cm³/mol. The van der Waals surface area contributed by atoms with Crippen molar-refractivity contribution in [2.24, 2.45) is 0 Å². The van der Waals surface area contributed by atoms with Crippen molar-refractivity contribution >= 4 is 39.1 Å². The lowest BCUT2D eigenvalue weighted by Crippen LogP contribution is -1.79. The molecule has 0 amide bonds. The average Bonchev–Trinajstić information content (AvgIpc) is 2.20. The van der Waals surface area contributed by atoms with Gasteiger partial charge in [-0.05, 0) is 35.4 Å². The van der Waals surface area contributed by atoms with E-state index < -0.39 is 0 Å². The van der Waals surface area contributed by atoms with Crippen LogP contribution in [0.25, 0.3) is 11.1 Å². The van der Waals surface area contributed by atoms with E-state index in [4.69, 9.17) is 23.2 Å². The number of hydrogen-bond donors (Lipinski definition) is 0. The summed E-state index contributed by atoms with van der Waals surface area (Å²) >= 11 is 15.2. The molecule has 0 nitrogen and oxygen atoms in total. The Labute approximate surface area is 107 Å². The maximum Gasteiger partial charge on any atom is 0.0417 e. The van der Waals surface area contributed by atoms with Crippen molar-refractivity contribution in [1.82, 2.24) is 0 Å². The molecule has 2 aromatic carbocycles. The number of benzene rings is 2. The third kappa shape index (κ3) is 2.54. The standard InChI is InChI=1S/C12H7BrCl2/c13-12-7-10(15)5-6-11(12)8-1-3-9(14)4-2-8/h1-7H. The molecule has 2 aromatic rings. The van der Waals surface area contributed by atoms with Gasteiger partial charge in [0.15, 0.2) is 0 Å². The van der Waals surface area contributed by atoms with Crippen molar-refractivity contribution < 1.29 is 0 Å². The molecule has 2 rings (SSSR count). The second-order valence-corrected chi connectivity index (χ2v) is 4.86. The van der Waals surface area contributed by atoms with Crippen molar-refractivity contribution in [3.63, 3.8) is 0 Å². The Morgan fingerprint density at radius 1 is 0.800 bits per heavy atom. The molecular weight excluding hydrogens is 295 g/mol. The van der Waals surface area contributed by atoms with E-state index in [9.17, 15) is 0 Å². The van der Waals surface area contributed by atoms with Crippen molar-refractivity contribution in [3.05, 3.63) is 57.0 Å². The molecule has 0 saturated heterocycles.